The van der Waals surface area contributed by atoms with Gasteiger partial charge in [0.05, 0.1) is 17.7 Å². The van der Waals surface area contributed by atoms with Crippen LogP contribution in [0, 0.1) is 0 Å². The molecule has 3 nitrogen and oxygen atoms in total. The summed E-state index contributed by atoms with van der Waals surface area (Å²) in [5.74, 6) is 0. The number of nitrogens with zero attached hydrogens (tertiary/aromatic N) is 2. The standard InChI is InChI=1S/C15H14BrN3S/c1-19(8-11-7-10(16)9-20-11)14-5-6-18-15-12(14)3-2-4-13(15)17/h2-7,9H,8,17H2,1H3. The molecule has 2 heterocycles. The van der Waals surface area contributed by atoms with Crippen LogP contribution in [0.1, 0.15) is 4.88 Å². The lowest BCUT2D eigenvalue weighted by molar-refractivity contribution is 0.944. The molecule has 102 valence electrons. The number of pyridine rings is 1. The molecule has 0 spiro atoms. The summed E-state index contributed by atoms with van der Waals surface area (Å²) < 4.78 is 1.13. The van der Waals surface area contributed by atoms with Gasteiger partial charge in [-0.25, -0.2) is 0 Å². The Morgan fingerprint density at radius 2 is 2.20 bits per heavy atom. The van der Waals surface area contributed by atoms with Crippen LogP contribution in [-0.2, 0) is 6.54 Å². The Morgan fingerprint density at radius 1 is 1.35 bits per heavy atom. The second-order valence-corrected chi connectivity index (χ2v) is 6.57. The number of thiophene rings is 1. The van der Waals surface area contributed by atoms with Crippen molar-refractivity contribution in [1.82, 2.24) is 4.98 Å². The van der Waals surface area contributed by atoms with Gasteiger partial charge in [0.2, 0.25) is 0 Å². The number of aromatic nitrogens is 1. The molecule has 0 aliphatic carbocycles. The molecule has 0 bridgehead atoms. The second kappa shape index (κ2) is 5.42. The second-order valence-electron chi connectivity index (χ2n) is 4.66. The fourth-order valence-corrected chi connectivity index (χ4v) is 3.78. The van der Waals surface area contributed by atoms with Crippen LogP contribution in [0.2, 0.25) is 0 Å². The first kappa shape index (κ1) is 13.4. The lowest BCUT2D eigenvalue weighted by atomic mass is 10.1. The molecule has 2 aromatic heterocycles. The summed E-state index contributed by atoms with van der Waals surface area (Å²) in [5, 5.41) is 3.19. The van der Waals surface area contributed by atoms with Gasteiger partial charge >= 0.3 is 0 Å². The molecule has 0 unspecified atom stereocenters. The average Bonchev–Trinajstić information content (AvgIpc) is 2.84. The van der Waals surface area contributed by atoms with Crippen LogP contribution in [0.25, 0.3) is 10.9 Å². The summed E-state index contributed by atoms with van der Waals surface area (Å²) in [6, 6.07) is 10.1. The number of fused-ring (bicyclic) bond motifs is 1. The largest absolute Gasteiger partial charge is 0.397 e. The van der Waals surface area contributed by atoms with Crippen molar-refractivity contribution in [2.75, 3.05) is 17.7 Å². The zero-order valence-electron chi connectivity index (χ0n) is 11.0. The highest BCUT2D eigenvalue weighted by atomic mass is 79.9. The molecule has 20 heavy (non-hydrogen) atoms. The molecule has 0 aliphatic rings. The molecular weight excluding hydrogens is 334 g/mol. The number of hydrogen-bond donors (Lipinski definition) is 1. The molecule has 0 saturated carbocycles. The Bertz CT molecular complexity index is 754. The molecule has 0 atom stereocenters. The Labute approximate surface area is 130 Å². The number of para-hydroxylation sites is 1. The van der Waals surface area contributed by atoms with Crippen molar-refractivity contribution in [2.45, 2.75) is 6.54 Å². The van der Waals surface area contributed by atoms with Gasteiger partial charge in [-0.3, -0.25) is 4.98 Å². The van der Waals surface area contributed by atoms with E-state index in [0.717, 1.165) is 33.3 Å². The summed E-state index contributed by atoms with van der Waals surface area (Å²) in [6.45, 7) is 0.865. The van der Waals surface area contributed by atoms with E-state index in [9.17, 15) is 0 Å². The summed E-state index contributed by atoms with van der Waals surface area (Å²) >= 11 is 5.25. The van der Waals surface area contributed by atoms with Gasteiger partial charge in [-0.15, -0.1) is 11.3 Å². The number of nitrogens with two attached hydrogens (primary N) is 1. The van der Waals surface area contributed by atoms with Gasteiger partial charge in [-0.05, 0) is 34.1 Å². The normalized spacial score (nSPS) is 10.9. The number of halogens is 1. The minimum absolute atomic E-state index is 0.719. The van der Waals surface area contributed by atoms with E-state index in [-0.39, 0.29) is 0 Å². The fourth-order valence-electron chi connectivity index (χ4n) is 2.27. The van der Waals surface area contributed by atoms with Gasteiger partial charge in [-0.2, -0.15) is 0 Å². The van der Waals surface area contributed by atoms with E-state index in [1.807, 2.05) is 24.4 Å². The highest BCUT2D eigenvalue weighted by Gasteiger charge is 2.09. The topological polar surface area (TPSA) is 42.2 Å². The van der Waals surface area contributed by atoms with E-state index < -0.39 is 0 Å². The fraction of sp³-hybridized carbons (Fsp3) is 0.133. The Balaban J connectivity index is 1.99. The molecule has 0 saturated heterocycles. The predicted molar refractivity (Wildman–Crippen MR) is 90.3 cm³/mol. The van der Waals surface area contributed by atoms with E-state index in [0.29, 0.717) is 0 Å². The molecular formula is C15H14BrN3S. The maximum absolute atomic E-state index is 6.00. The third-order valence-electron chi connectivity index (χ3n) is 3.21. The number of nitrogen functional groups attached to an aromatic ring is 1. The van der Waals surface area contributed by atoms with E-state index >= 15 is 0 Å². The summed E-state index contributed by atoms with van der Waals surface area (Å²) in [7, 11) is 2.09. The number of rotatable bonds is 3. The van der Waals surface area contributed by atoms with Crippen LogP contribution < -0.4 is 10.6 Å². The summed E-state index contributed by atoms with van der Waals surface area (Å²) in [6.07, 6.45) is 1.81. The highest BCUT2D eigenvalue weighted by Crippen LogP contribution is 2.29. The van der Waals surface area contributed by atoms with Gasteiger partial charge in [0.25, 0.3) is 0 Å². The van der Waals surface area contributed by atoms with Crippen molar-refractivity contribution < 1.29 is 0 Å². The van der Waals surface area contributed by atoms with E-state index in [2.05, 4.69) is 50.4 Å². The molecule has 3 rings (SSSR count). The molecule has 2 N–H and O–H groups in total. The van der Waals surface area contributed by atoms with Gasteiger partial charge < -0.3 is 10.6 Å². The van der Waals surface area contributed by atoms with Crippen molar-refractivity contribution >= 4 is 49.5 Å². The van der Waals surface area contributed by atoms with E-state index in [1.54, 1.807) is 11.3 Å². The lowest BCUT2D eigenvalue weighted by Crippen LogP contribution is -2.16. The zero-order chi connectivity index (χ0) is 14.1. The quantitative estimate of drug-likeness (QED) is 0.719. The van der Waals surface area contributed by atoms with E-state index in [1.165, 1.54) is 4.88 Å². The molecule has 3 aromatic rings. The van der Waals surface area contributed by atoms with Crippen LogP contribution in [0.15, 0.2) is 46.4 Å². The SMILES string of the molecule is CN(Cc1cc(Br)cs1)c1ccnc2c(N)cccc12. The third kappa shape index (κ3) is 2.51. The first-order valence-corrected chi connectivity index (χ1v) is 7.89. The third-order valence-corrected chi connectivity index (χ3v) is 4.89. The summed E-state index contributed by atoms with van der Waals surface area (Å²) in [4.78, 5) is 7.92. The monoisotopic (exact) mass is 347 g/mol. The van der Waals surface area contributed by atoms with Crippen molar-refractivity contribution in [3.63, 3.8) is 0 Å². The van der Waals surface area contributed by atoms with Gasteiger partial charge in [-0.1, -0.05) is 12.1 Å². The van der Waals surface area contributed by atoms with Crippen LogP contribution in [-0.4, -0.2) is 12.0 Å². The highest BCUT2D eigenvalue weighted by molar-refractivity contribution is 9.10. The van der Waals surface area contributed by atoms with E-state index in [4.69, 9.17) is 5.73 Å². The first-order chi connectivity index (χ1) is 9.65. The predicted octanol–water partition coefficient (Wildman–Crippen LogP) is 4.28. The number of hydrogen-bond acceptors (Lipinski definition) is 4. The molecule has 0 aliphatic heterocycles. The van der Waals surface area contributed by atoms with Gasteiger partial charge in [0.15, 0.2) is 0 Å². The van der Waals surface area contributed by atoms with Crippen LogP contribution in [0.4, 0.5) is 11.4 Å². The summed E-state index contributed by atoms with van der Waals surface area (Å²) in [5.41, 5.74) is 8.73. The Morgan fingerprint density at radius 3 is 2.95 bits per heavy atom. The Hall–Kier alpha value is -1.59. The average molecular weight is 348 g/mol. The first-order valence-electron chi connectivity index (χ1n) is 6.22. The molecule has 0 radical (unpaired) electrons. The minimum Gasteiger partial charge on any atom is -0.397 e. The van der Waals surface area contributed by atoms with Crippen molar-refractivity contribution in [1.29, 1.82) is 0 Å². The van der Waals surface area contributed by atoms with Crippen LogP contribution in [0.3, 0.4) is 0 Å². The molecule has 1 aromatic carbocycles. The maximum Gasteiger partial charge on any atom is 0.0951 e. The van der Waals surface area contributed by atoms with Crippen molar-refractivity contribution in [2.24, 2.45) is 0 Å². The Kier molecular flexibility index (Phi) is 3.63. The van der Waals surface area contributed by atoms with Crippen LogP contribution in [0.5, 0.6) is 0 Å². The molecule has 0 fully saturated rings. The van der Waals surface area contributed by atoms with Gasteiger partial charge in [0, 0.05) is 39.0 Å². The minimum atomic E-state index is 0.719. The lowest BCUT2D eigenvalue weighted by Gasteiger charge is -2.20. The smallest absolute Gasteiger partial charge is 0.0951 e. The van der Waals surface area contributed by atoms with Crippen LogP contribution >= 0.6 is 27.3 Å². The molecule has 5 heteroatoms. The van der Waals surface area contributed by atoms with Gasteiger partial charge in [0.1, 0.15) is 0 Å². The number of benzene rings is 1. The zero-order valence-corrected chi connectivity index (χ0v) is 13.4. The van der Waals surface area contributed by atoms with Crippen molar-refractivity contribution in [3.8, 4) is 0 Å². The molecule has 0 amide bonds. The maximum atomic E-state index is 6.00. The number of anilines is 2. The van der Waals surface area contributed by atoms with Crippen molar-refractivity contribution in [3.05, 3.63) is 51.3 Å².